The molecule has 1 aromatic heterocycles. The smallest absolute Gasteiger partial charge is 0.342 e. The van der Waals surface area contributed by atoms with Gasteiger partial charge < -0.3 is 19.1 Å². The molecule has 8 heteroatoms. The minimum atomic E-state index is -1.24. The number of fused-ring (bicyclic) bond motifs is 1. The Labute approximate surface area is 123 Å². The van der Waals surface area contributed by atoms with Gasteiger partial charge in [-0.2, -0.15) is 0 Å². The lowest BCUT2D eigenvalue weighted by molar-refractivity contribution is -0.112. The predicted molar refractivity (Wildman–Crippen MR) is 73.7 cm³/mol. The van der Waals surface area contributed by atoms with E-state index in [-0.39, 0.29) is 18.2 Å². The van der Waals surface area contributed by atoms with E-state index in [1.54, 1.807) is 24.3 Å². The van der Waals surface area contributed by atoms with Crippen molar-refractivity contribution in [3.63, 3.8) is 0 Å². The number of carbonyl (C=O) groups is 2. The molecule has 2 heterocycles. The molecule has 8 nitrogen and oxygen atoms in total. The van der Waals surface area contributed by atoms with Crippen molar-refractivity contribution in [1.82, 2.24) is 5.16 Å². The molecule has 3 rings (SSSR count). The van der Waals surface area contributed by atoms with Crippen molar-refractivity contribution in [2.75, 3.05) is 12.1 Å². The van der Waals surface area contributed by atoms with E-state index < -0.39 is 11.9 Å². The zero-order valence-electron chi connectivity index (χ0n) is 11.1. The maximum Gasteiger partial charge on any atom is 0.342 e. The van der Waals surface area contributed by atoms with Gasteiger partial charge in [0.25, 0.3) is 5.91 Å². The Kier molecular flexibility index (Phi) is 3.48. The predicted octanol–water partition coefficient (Wildman–Crippen LogP) is 1.75. The Morgan fingerprint density at radius 1 is 1.27 bits per heavy atom. The van der Waals surface area contributed by atoms with Gasteiger partial charge in [0.05, 0.1) is 6.20 Å². The first-order valence-electron chi connectivity index (χ1n) is 6.20. The summed E-state index contributed by atoms with van der Waals surface area (Å²) in [7, 11) is 0. The van der Waals surface area contributed by atoms with Crippen LogP contribution in [0.5, 0.6) is 11.5 Å². The molecule has 0 saturated heterocycles. The van der Waals surface area contributed by atoms with E-state index in [0.717, 1.165) is 11.8 Å². The van der Waals surface area contributed by atoms with Gasteiger partial charge in [0.2, 0.25) is 12.7 Å². The molecule has 2 N–H and O–H groups in total. The lowest BCUT2D eigenvalue weighted by atomic mass is 10.2. The first-order chi connectivity index (χ1) is 10.6. The van der Waals surface area contributed by atoms with Crippen LogP contribution in [-0.2, 0) is 4.79 Å². The summed E-state index contributed by atoms with van der Waals surface area (Å²) in [6.07, 6.45) is 3.80. The topological polar surface area (TPSA) is 111 Å². The number of nitrogens with one attached hydrogen (secondary N) is 1. The summed E-state index contributed by atoms with van der Waals surface area (Å²) in [4.78, 5) is 22.6. The van der Waals surface area contributed by atoms with Gasteiger partial charge in [-0.1, -0.05) is 11.2 Å². The van der Waals surface area contributed by atoms with E-state index in [1.807, 2.05) is 0 Å². The van der Waals surface area contributed by atoms with Gasteiger partial charge in [-0.15, -0.1) is 0 Å². The number of nitrogens with zero attached hydrogens (tertiary/aromatic N) is 1. The lowest BCUT2D eigenvalue weighted by Gasteiger charge is -1.99. The number of rotatable bonds is 4. The molecule has 0 radical (unpaired) electrons. The molecule has 0 spiro atoms. The Bertz CT molecular complexity index is 764. The van der Waals surface area contributed by atoms with Crippen LogP contribution in [0.1, 0.15) is 15.9 Å². The van der Waals surface area contributed by atoms with E-state index in [1.165, 1.54) is 6.08 Å². The van der Waals surface area contributed by atoms with Crippen molar-refractivity contribution in [2.24, 2.45) is 0 Å². The molecule has 22 heavy (non-hydrogen) atoms. The van der Waals surface area contributed by atoms with Crippen molar-refractivity contribution in [2.45, 2.75) is 0 Å². The number of carbonyl (C=O) groups excluding carboxylic acids is 1. The Balaban J connectivity index is 1.69. The van der Waals surface area contributed by atoms with E-state index in [0.29, 0.717) is 11.5 Å². The highest BCUT2D eigenvalue weighted by molar-refractivity contribution is 6.04. The third-order valence-electron chi connectivity index (χ3n) is 2.86. The number of benzene rings is 1. The minimum Gasteiger partial charge on any atom is -0.477 e. The number of hydrogen-bond acceptors (Lipinski definition) is 6. The highest BCUT2D eigenvalue weighted by Crippen LogP contribution is 2.32. The highest BCUT2D eigenvalue weighted by Gasteiger charge is 2.16. The zero-order chi connectivity index (χ0) is 15.5. The minimum absolute atomic E-state index is 0.173. The summed E-state index contributed by atoms with van der Waals surface area (Å²) >= 11 is 0. The first-order valence-corrected chi connectivity index (χ1v) is 6.20. The van der Waals surface area contributed by atoms with Gasteiger partial charge in [0.15, 0.2) is 11.5 Å². The van der Waals surface area contributed by atoms with Gasteiger partial charge in [0.1, 0.15) is 5.56 Å². The third-order valence-corrected chi connectivity index (χ3v) is 2.86. The van der Waals surface area contributed by atoms with Crippen molar-refractivity contribution >= 4 is 23.8 Å². The molecule has 2 aromatic rings. The first kappa shape index (κ1) is 13.7. The Morgan fingerprint density at radius 3 is 2.91 bits per heavy atom. The molecule has 1 aliphatic heterocycles. The molecule has 0 unspecified atom stereocenters. The second kappa shape index (κ2) is 5.60. The molecule has 0 bridgehead atoms. The van der Waals surface area contributed by atoms with E-state index in [2.05, 4.69) is 15.0 Å². The van der Waals surface area contributed by atoms with Crippen LogP contribution < -0.4 is 14.8 Å². The maximum atomic E-state index is 11.8. The molecule has 0 fully saturated rings. The summed E-state index contributed by atoms with van der Waals surface area (Å²) in [5, 5.41) is 14.5. The Hall–Kier alpha value is -3.29. The van der Waals surface area contributed by atoms with Gasteiger partial charge in [0, 0.05) is 6.08 Å². The normalized spacial score (nSPS) is 12.5. The number of aromatic nitrogens is 1. The maximum absolute atomic E-state index is 11.8. The van der Waals surface area contributed by atoms with Gasteiger partial charge in [-0.25, -0.2) is 4.79 Å². The average Bonchev–Trinajstić information content (AvgIpc) is 3.13. The van der Waals surface area contributed by atoms with Crippen LogP contribution in [-0.4, -0.2) is 28.9 Å². The van der Waals surface area contributed by atoms with Crippen LogP contribution in [0.15, 0.2) is 35.0 Å². The Morgan fingerprint density at radius 2 is 2.09 bits per heavy atom. The standard InChI is InChI=1S/C14H10N2O6/c17-12(16-13-9(14(18)19)6-15-22-13)4-2-8-1-3-10-11(5-8)21-7-20-10/h1-6H,7H2,(H,16,17)(H,18,19). The SMILES string of the molecule is O=C(C=Cc1ccc2c(c1)OCO2)Nc1oncc1C(=O)O. The van der Waals surface area contributed by atoms with E-state index >= 15 is 0 Å². The van der Waals surface area contributed by atoms with Gasteiger partial charge in [-0.3, -0.25) is 10.1 Å². The number of carboxylic acid groups (broad SMARTS) is 1. The number of ether oxygens (including phenoxy) is 2. The lowest BCUT2D eigenvalue weighted by Crippen LogP contribution is -2.10. The van der Waals surface area contributed by atoms with Gasteiger partial charge >= 0.3 is 5.97 Å². The largest absolute Gasteiger partial charge is 0.477 e. The van der Waals surface area contributed by atoms with E-state index in [4.69, 9.17) is 14.6 Å². The van der Waals surface area contributed by atoms with Crippen molar-refractivity contribution in [1.29, 1.82) is 0 Å². The number of aromatic carboxylic acids is 1. The summed E-state index contributed by atoms with van der Waals surface area (Å²) in [6.45, 7) is 0.173. The summed E-state index contributed by atoms with van der Waals surface area (Å²) in [6, 6.07) is 5.22. The molecule has 0 atom stereocenters. The van der Waals surface area contributed by atoms with Crippen LogP contribution in [0.2, 0.25) is 0 Å². The second-order valence-corrected chi connectivity index (χ2v) is 4.31. The molecular weight excluding hydrogens is 292 g/mol. The molecule has 1 amide bonds. The van der Waals surface area contributed by atoms with Crippen LogP contribution in [0, 0.1) is 0 Å². The molecular formula is C14H10N2O6. The summed E-state index contributed by atoms with van der Waals surface area (Å²) < 4.78 is 15.1. The monoisotopic (exact) mass is 302 g/mol. The third kappa shape index (κ3) is 2.75. The average molecular weight is 302 g/mol. The summed E-state index contributed by atoms with van der Waals surface area (Å²) in [5.41, 5.74) is 0.514. The highest BCUT2D eigenvalue weighted by atomic mass is 16.7. The fourth-order valence-electron chi connectivity index (χ4n) is 1.82. The quantitative estimate of drug-likeness (QED) is 0.827. The number of amides is 1. The van der Waals surface area contributed by atoms with Crippen LogP contribution >= 0.6 is 0 Å². The molecule has 0 aliphatic carbocycles. The molecule has 112 valence electrons. The van der Waals surface area contributed by atoms with Crippen LogP contribution in [0.25, 0.3) is 6.08 Å². The molecule has 0 saturated carbocycles. The molecule has 1 aliphatic rings. The fourth-order valence-corrected chi connectivity index (χ4v) is 1.82. The van der Waals surface area contributed by atoms with Crippen LogP contribution in [0.4, 0.5) is 5.88 Å². The second-order valence-electron chi connectivity index (χ2n) is 4.31. The van der Waals surface area contributed by atoms with Crippen molar-refractivity contribution in [3.05, 3.63) is 41.6 Å². The number of anilines is 1. The fraction of sp³-hybridized carbons (Fsp3) is 0.0714. The van der Waals surface area contributed by atoms with Crippen molar-refractivity contribution < 1.29 is 28.7 Å². The number of hydrogen-bond donors (Lipinski definition) is 2. The van der Waals surface area contributed by atoms with Gasteiger partial charge in [-0.05, 0) is 23.8 Å². The summed E-state index contributed by atoms with van der Waals surface area (Å²) in [5.74, 6) is -0.749. The van der Waals surface area contributed by atoms with Crippen molar-refractivity contribution in [3.8, 4) is 11.5 Å². The van der Waals surface area contributed by atoms with E-state index in [9.17, 15) is 9.59 Å². The molecule has 1 aromatic carbocycles. The zero-order valence-corrected chi connectivity index (χ0v) is 11.1. The number of carboxylic acids is 1. The van der Waals surface area contributed by atoms with Crippen LogP contribution in [0.3, 0.4) is 0 Å².